The van der Waals surface area contributed by atoms with Crippen molar-refractivity contribution in [1.29, 1.82) is 0 Å². The zero-order chi connectivity index (χ0) is 55.2. The highest BCUT2D eigenvalue weighted by Gasteiger charge is 2.35. The van der Waals surface area contributed by atoms with Crippen molar-refractivity contribution >= 4 is 65.1 Å². The van der Waals surface area contributed by atoms with Crippen molar-refractivity contribution in [3.8, 4) is 17.2 Å². The number of carboxylic acids is 2. The van der Waals surface area contributed by atoms with Crippen LogP contribution in [0.4, 0.5) is 0 Å². The molecule has 0 aliphatic rings. The summed E-state index contributed by atoms with van der Waals surface area (Å²) in [5.41, 5.74) is 7.71. The molecule has 0 spiro atoms. The van der Waals surface area contributed by atoms with Crippen molar-refractivity contribution in [3.63, 3.8) is 0 Å². The SMILES string of the molecule is CSCC[C@H](NC(=O)[C@H](CO)NC(=O)[C@H](Cc1ccc(O)cc1)NC(=O)[C@H](Cc1ccc(O)cc1)NC(=O)[C@H](Cc1ccccc1)NC(=O)[C@H](C)N)C(=O)N[C@@H](CC(=O)O)C(=O)N[C@@H](Cc1ccc(O)cc1)C(=O)O. The maximum atomic E-state index is 14.4. The van der Waals surface area contributed by atoms with Gasteiger partial charge in [-0.25, -0.2) is 4.79 Å². The normalized spacial score (nSPS) is 14.1. The molecule has 0 heterocycles. The number of benzene rings is 4. The number of aliphatic carboxylic acids is 2. The number of rotatable bonds is 29. The molecule has 7 amide bonds. The third kappa shape index (κ3) is 20.0. The van der Waals surface area contributed by atoms with Crippen molar-refractivity contribution in [2.24, 2.45) is 5.73 Å². The van der Waals surface area contributed by atoms with E-state index in [1.807, 2.05) is 0 Å². The molecule has 15 N–H and O–H groups in total. The number of carboxylic acid groups (broad SMARTS) is 2. The maximum Gasteiger partial charge on any atom is 0.326 e. The Bertz CT molecular complexity index is 2590. The predicted octanol–water partition coefficient (Wildman–Crippen LogP) is -0.880. The standard InChI is InChI=1S/C51H62N8O15S/c1-28(52)44(66)54-37(22-29-6-4-3-5-7-29)46(68)55-38(23-30-8-14-33(61)15-9-30)47(69)56-39(24-31-10-16-34(62)17-11-31)48(70)59-42(27-60)50(72)53-36(20-21-75-2)45(67)57-40(26-43(64)65)49(71)58-41(51(73)74)25-32-12-18-35(63)19-13-32/h3-19,28,36-42,60-63H,20-27,52H2,1-2H3,(H,53,72)(H,54,66)(H,55,68)(H,56,69)(H,57,67)(H,58,71)(H,59,70)(H,64,65)(H,73,74)/t28-,36-,37-,38-,39-,40-,41-,42-/m0/s1. The van der Waals surface area contributed by atoms with Gasteiger partial charge in [-0.15, -0.1) is 0 Å². The van der Waals surface area contributed by atoms with Crippen LogP contribution in [0.15, 0.2) is 103 Å². The lowest BCUT2D eigenvalue weighted by atomic mass is 10.0. The molecule has 0 saturated carbocycles. The minimum absolute atomic E-state index is 0.0105. The average molecular weight is 1060 g/mol. The molecule has 23 nitrogen and oxygen atoms in total. The Hall–Kier alpha value is -8.22. The predicted molar refractivity (Wildman–Crippen MR) is 273 cm³/mol. The number of nitrogens with two attached hydrogens (primary N) is 1. The molecule has 0 aliphatic carbocycles. The van der Waals surface area contributed by atoms with Crippen LogP contribution < -0.4 is 43.0 Å². The second kappa shape index (κ2) is 29.5. The Morgan fingerprint density at radius 3 is 1.16 bits per heavy atom. The fraction of sp³-hybridized carbons (Fsp3) is 0.353. The fourth-order valence-corrected chi connectivity index (χ4v) is 7.77. The van der Waals surface area contributed by atoms with Crippen LogP contribution in [0, 0.1) is 0 Å². The second-order valence-corrected chi connectivity index (χ2v) is 18.4. The molecule has 4 rings (SSSR count). The average Bonchev–Trinajstić information content (AvgIpc) is 3.37. The Balaban J connectivity index is 1.58. The maximum absolute atomic E-state index is 14.4. The smallest absolute Gasteiger partial charge is 0.326 e. The number of aliphatic hydroxyl groups excluding tert-OH is 1. The lowest BCUT2D eigenvalue weighted by Gasteiger charge is -2.27. The number of phenols is 3. The summed E-state index contributed by atoms with van der Waals surface area (Å²) in [6.07, 6.45) is -0.238. The van der Waals surface area contributed by atoms with E-state index < -0.39 is 115 Å². The first-order valence-electron chi connectivity index (χ1n) is 23.5. The van der Waals surface area contributed by atoms with Gasteiger partial charge in [-0.2, -0.15) is 11.8 Å². The number of phenolic OH excluding ortho intramolecular Hbond substituents is 3. The molecule has 24 heteroatoms. The third-order valence-corrected chi connectivity index (χ3v) is 12.1. The number of nitrogens with one attached hydrogen (secondary N) is 7. The number of carbonyl (C=O) groups excluding carboxylic acids is 7. The van der Waals surface area contributed by atoms with E-state index in [1.165, 1.54) is 91.5 Å². The molecule has 0 radical (unpaired) electrons. The van der Waals surface area contributed by atoms with E-state index in [9.17, 15) is 73.8 Å². The highest BCUT2D eigenvalue weighted by molar-refractivity contribution is 7.98. The molecule has 4 aromatic rings. The largest absolute Gasteiger partial charge is 0.508 e. The molecule has 75 heavy (non-hydrogen) atoms. The van der Waals surface area contributed by atoms with E-state index in [2.05, 4.69) is 37.2 Å². The monoisotopic (exact) mass is 1060 g/mol. The van der Waals surface area contributed by atoms with Gasteiger partial charge in [-0.05, 0) is 84.0 Å². The highest BCUT2D eigenvalue weighted by atomic mass is 32.2. The fourth-order valence-electron chi connectivity index (χ4n) is 7.30. The first-order chi connectivity index (χ1) is 35.6. The van der Waals surface area contributed by atoms with Crippen LogP contribution in [0.3, 0.4) is 0 Å². The van der Waals surface area contributed by atoms with E-state index >= 15 is 0 Å². The lowest BCUT2D eigenvalue weighted by Crippen LogP contribution is -2.61. The van der Waals surface area contributed by atoms with E-state index in [4.69, 9.17) is 5.73 Å². The summed E-state index contributed by atoms with van der Waals surface area (Å²) in [4.78, 5) is 121. The van der Waals surface area contributed by atoms with E-state index in [1.54, 1.807) is 36.6 Å². The molecule has 0 aromatic heterocycles. The summed E-state index contributed by atoms with van der Waals surface area (Å²) >= 11 is 1.25. The van der Waals surface area contributed by atoms with Crippen LogP contribution in [-0.4, -0.2) is 151 Å². The van der Waals surface area contributed by atoms with Crippen molar-refractivity contribution in [3.05, 3.63) is 125 Å². The molecular formula is C51H62N8O15S. The van der Waals surface area contributed by atoms with Gasteiger partial charge in [0.1, 0.15) is 59.5 Å². The highest BCUT2D eigenvalue weighted by Crippen LogP contribution is 2.16. The van der Waals surface area contributed by atoms with Crippen LogP contribution in [-0.2, 0) is 68.8 Å². The Kier molecular flexibility index (Phi) is 23.3. The van der Waals surface area contributed by atoms with Crippen molar-refractivity contribution in [2.45, 2.75) is 93.8 Å². The molecule has 402 valence electrons. The van der Waals surface area contributed by atoms with Crippen LogP contribution in [0.2, 0.25) is 0 Å². The van der Waals surface area contributed by atoms with Gasteiger partial charge < -0.3 is 73.6 Å². The summed E-state index contributed by atoms with van der Waals surface area (Å²) in [5, 5.41) is 76.6. The van der Waals surface area contributed by atoms with Gasteiger partial charge in [0.25, 0.3) is 0 Å². The van der Waals surface area contributed by atoms with E-state index in [-0.39, 0.29) is 55.1 Å². The number of aliphatic hydroxyl groups is 1. The quantitative estimate of drug-likeness (QED) is 0.0314. The molecule has 8 atom stereocenters. The topological polar surface area (TPSA) is 385 Å². The van der Waals surface area contributed by atoms with Crippen LogP contribution >= 0.6 is 11.8 Å². The number of hydrogen-bond donors (Lipinski definition) is 14. The zero-order valence-electron chi connectivity index (χ0n) is 40.9. The first kappa shape index (κ1) is 59.3. The molecular weight excluding hydrogens is 997 g/mol. The molecule has 0 bridgehead atoms. The minimum Gasteiger partial charge on any atom is -0.508 e. The molecule has 0 aliphatic heterocycles. The summed E-state index contributed by atoms with van der Waals surface area (Å²) in [6.45, 7) is 0.359. The lowest BCUT2D eigenvalue weighted by molar-refractivity contribution is -0.143. The minimum atomic E-state index is -1.85. The van der Waals surface area contributed by atoms with Gasteiger partial charge in [0, 0.05) is 25.7 Å². The number of aromatic hydroxyl groups is 3. The molecule has 0 saturated heterocycles. The van der Waals surface area contributed by atoms with Crippen molar-refractivity contribution in [1.82, 2.24) is 37.2 Å². The summed E-state index contributed by atoms with van der Waals surface area (Å²) in [6, 6.07) is 13.3. The van der Waals surface area contributed by atoms with Crippen LogP contribution in [0.25, 0.3) is 0 Å². The van der Waals surface area contributed by atoms with Gasteiger partial charge in [0.15, 0.2) is 0 Å². The van der Waals surface area contributed by atoms with Crippen molar-refractivity contribution < 1.29 is 73.8 Å². The van der Waals surface area contributed by atoms with Gasteiger partial charge in [0.05, 0.1) is 19.1 Å². The van der Waals surface area contributed by atoms with Crippen molar-refractivity contribution in [2.75, 3.05) is 18.6 Å². The first-order valence-corrected chi connectivity index (χ1v) is 24.9. The Labute approximate surface area is 435 Å². The molecule has 0 unspecified atom stereocenters. The number of amides is 7. The van der Waals surface area contributed by atoms with Gasteiger partial charge >= 0.3 is 11.9 Å². The number of carbonyl (C=O) groups is 9. The van der Waals surface area contributed by atoms with Crippen LogP contribution in [0.5, 0.6) is 17.2 Å². The summed E-state index contributed by atoms with van der Waals surface area (Å²) in [5.74, 6) is -9.94. The number of hydrogen-bond acceptors (Lipinski definition) is 15. The zero-order valence-corrected chi connectivity index (χ0v) is 41.8. The summed E-state index contributed by atoms with van der Waals surface area (Å²) < 4.78 is 0. The van der Waals surface area contributed by atoms with Gasteiger partial charge in [-0.1, -0.05) is 66.7 Å². The summed E-state index contributed by atoms with van der Waals surface area (Å²) in [7, 11) is 0. The van der Waals surface area contributed by atoms with Gasteiger partial charge in [-0.3, -0.25) is 38.4 Å². The Morgan fingerprint density at radius 2 is 0.773 bits per heavy atom. The molecule has 0 fully saturated rings. The van der Waals surface area contributed by atoms with E-state index in [0.29, 0.717) is 22.3 Å². The van der Waals surface area contributed by atoms with Crippen LogP contribution in [0.1, 0.15) is 42.0 Å². The third-order valence-electron chi connectivity index (χ3n) is 11.4. The van der Waals surface area contributed by atoms with Gasteiger partial charge in [0.2, 0.25) is 41.4 Å². The Morgan fingerprint density at radius 1 is 0.453 bits per heavy atom. The number of thioether (sulfide) groups is 1. The van der Waals surface area contributed by atoms with E-state index in [0.717, 1.165) is 0 Å². The second-order valence-electron chi connectivity index (χ2n) is 17.4. The molecule has 4 aromatic carbocycles.